The van der Waals surface area contributed by atoms with Gasteiger partial charge >= 0.3 is 0 Å². The van der Waals surface area contributed by atoms with Crippen LogP contribution in [0.5, 0.6) is 0 Å². The molecule has 0 aromatic heterocycles. The molecule has 2 aromatic carbocycles. The topological polar surface area (TPSA) is 29.1 Å². The molecule has 19 heavy (non-hydrogen) atoms. The molecule has 2 aromatic rings. The van der Waals surface area contributed by atoms with E-state index >= 15 is 0 Å². The number of hydrogen-bond donors (Lipinski definition) is 1. The lowest BCUT2D eigenvalue weighted by Gasteiger charge is -2.07. The van der Waals surface area contributed by atoms with Crippen LogP contribution in [0.3, 0.4) is 0 Å². The fourth-order valence-corrected chi connectivity index (χ4v) is 2.26. The zero-order valence-electron chi connectivity index (χ0n) is 9.79. The maximum atomic E-state index is 12.0. The van der Waals surface area contributed by atoms with Crippen LogP contribution >= 0.6 is 39.1 Å². The van der Waals surface area contributed by atoms with Crippen molar-refractivity contribution in [3.8, 4) is 0 Å². The molecule has 0 aliphatic carbocycles. The Kier molecular flexibility index (Phi) is 4.86. The molecular weight excluding hydrogens is 349 g/mol. The standard InChI is InChI=1S/C14H10BrCl2NO/c15-11-7-9(5-6-13(11)17)14(19)18-8-10-3-1-2-4-12(10)16/h1-7H,8H2,(H,18,19). The first kappa shape index (κ1) is 14.4. The van der Waals surface area contributed by atoms with Crippen LogP contribution in [-0.4, -0.2) is 5.91 Å². The summed E-state index contributed by atoms with van der Waals surface area (Å²) in [5.41, 5.74) is 1.42. The van der Waals surface area contributed by atoms with Crippen molar-refractivity contribution in [2.45, 2.75) is 6.54 Å². The Morgan fingerprint density at radius 2 is 1.84 bits per heavy atom. The molecule has 98 valence electrons. The number of carbonyl (C=O) groups excluding carboxylic acids is 1. The molecule has 5 heteroatoms. The van der Waals surface area contributed by atoms with E-state index in [1.165, 1.54) is 0 Å². The average Bonchev–Trinajstić information content (AvgIpc) is 2.40. The van der Waals surface area contributed by atoms with Crippen molar-refractivity contribution in [3.05, 3.63) is 68.1 Å². The number of halogens is 3. The van der Waals surface area contributed by atoms with Gasteiger partial charge in [-0.2, -0.15) is 0 Å². The second-order valence-electron chi connectivity index (χ2n) is 3.90. The van der Waals surface area contributed by atoms with Crippen LogP contribution in [0, 0.1) is 0 Å². The third-order valence-corrected chi connectivity index (χ3v) is 4.16. The van der Waals surface area contributed by atoms with Gasteiger partial charge < -0.3 is 5.32 Å². The van der Waals surface area contributed by atoms with Crippen molar-refractivity contribution < 1.29 is 4.79 Å². The summed E-state index contributed by atoms with van der Waals surface area (Å²) in [4.78, 5) is 12.0. The lowest BCUT2D eigenvalue weighted by molar-refractivity contribution is 0.0951. The highest BCUT2D eigenvalue weighted by molar-refractivity contribution is 9.10. The highest BCUT2D eigenvalue weighted by Crippen LogP contribution is 2.23. The van der Waals surface area contributed by atoms with Crippen molar-refractivity contribution in [2.24, 2.45) is 0 Å². The SMILES string of the molecule is O=C(NCc1ccccc1Cl)c1ccc(Cl)c(Br)c1. The Bertz CT molecular complexity index is 616. The van der Waals surface area contributed by atoms with E-state index in [-0.39, 0.29) is 5.91 Å². The van der Waals surface area contributed by atoms with Gasteiger partial charge in [-0.05, 0) is 45.8 Å². The van der Waals surface area contributed by atoms with Crippen molar-refractivity contribution in [3.63, 3.8) is 0 Å². The summed E-state index contributed by atoms with van der Waals surface area (Å²) in [7, 11) is 0. The molecular formula is C14H10BrCl2NO. The number of amides is 1. The highest BCUT2D eigenvalue weighted by Gasteiger charge is 2.08. The van der Waals surface area contributed by atoms with E-state index in [0.29, 0.717) is 26.6 Å². The van der Waals surface area contributed by atoms with Crippen molar-refractivity contribution in [2.75, 3.05) is 0 Å². The lowest BCUT2D eigenvalue weighted by atomic mass is 10.2. The van der Waals surface area contributed by atoms with Gasteiger partial charge in [-0.15, -0.1) is 0 Å². The van der Waals surface area contributed by atoms with Gasteiger partial charge in [-0.3, -0.25) is 4.79 Å². The average molecular weight is 359 g/mol. The van der Waals surface area contributed by atoms with Crippen LogP contribution in [0.4, 0.5) is 0 Å². The summed E-state index contributed by atoms with van der Waals surface area (Å²) in [6, 6.07) is 12.4. The molecule has 2 nitrogen and oxygen atoms in total. The van der Waals surface area contributed by atoms with Gasteiger partial charge in [0.2, 0.25) is 0 Å². The van der Waals surface area contributed by atoms with Gasteiger partial charge in [0.1, 0.15) is 0 Å². The van der Waals surface area contributed by atoms with Crippen LogP contribution in [0.15, 0.2) is 46.9 Å². The van der Waals surface area contributed by atoms with E-state index < -0.39 is 0 Å². The van der Waals surface area contributed by atoms with Crippen LogP contribution in [-0.2, 0) is 6.54 Å². The summed E-state index contributed by atoms with van der Waals surface area (Å²) in [5.74, 6) is -0.169. The molecule has 0 unspecified atom stereocenters. The van der Waals surface area contributed by atoms with Crippen molar-refractivity contribution in [1.82, 2.24) is 5.32 Å². The summed E-state index contributed by atoms with van der Waals surface area (Å²) in [5, 5.41) is 4.03. The van der Waals surface area contributed by atoms with Gasteiger partial charge in [-0.1, -0.05) is 41.4 Å². The van der Waals surface area contributed by atoms with Crippen LogP contribution in [0.2, 0.25) is 10.0 Å². The second-order valence-corrected chi connectivity index (χ2v) is 5.57. The molecule has 0 bridgehead atoms. The van der Waals surface area contributed by atoms with Gasteiger partial charge in [-0.25, -0.2) is 0 Å². The van der Waals surface area contributed by atoms with Gasteiger partial charge in [0.15, 0.2) is 0 Å². The Morgan fingerprint density at radius 3 is 2.53 bits per heavy atom. The Labute approximate surface area is 129 Å². The summed E-state index contributed by atoms with van der Waals surface area (Å²) in [6.07, 6.45) is 0. The van der Waals surface area contributed by atoms with Crippen LogP contribution < -0.4 is 5.32 Å². The first-order valence-corrected chi connectivity index (χ1v) is 7.09. The van der Waals surface area contributed by atoms with Gasteiger partial charge in [0.25, 0.3) is 5.91 Å². The minimum Gasteiger partial charge on any atom is -0.348 e. The third kappa shape index (κ3) is 3.72. The predicted octanol–water partition coefficient (Wildman–Crippen LogP) is 4.69. The van der Waals surface area contributed by atoms with E-state index in [0.717, 1.165) is 5.56 Å². The smallest absolute Gasteiger partial charge is 0.251 e. The molecule has 0 spiro atoms. The largest absolute Gasteiger partial charge is 0.348 e. The first-order valence-electron chi connectivity index (χ1n) is 5.54. The normalized spacial score (nSPS) is 10.3. The maximum absolute atomic E-state index is 12.0. The summed E-state index contributed by atoms with van der Waals surface area (Å²) >= 11 is 15.2. The van der Waals surface area contributed by atoms with E-state index in [4.69, 9.17) is 23.2 Å². The minimum atomic E-state index is -0.169. The maximum Gasteiger partial charge on any atom is 0.251 e. The fourth-order valence-electron chi connectivity index (χ4n) is 1.56. The summed E-state index contributed by atoms with van der Waals surface area (Å²) < 4.78 is 0.694. The fraction of sp³-hybridized carbons (Fsp3) is 0.0714. The molecule has 0 heterocycles. The predicted molar refractivity (Wildman–Crippen MR) is 81.8 cm³/mol. The van der Waals surface area contributed by atoms with Gasteiger partial charge in [0.05, 0.1) is 5.02 Å². The second kappa shape index (κ2) is 6.42. The quantitative estimate of drug-likeness (QED) is 0.847. The van der Waals surface area contributed by atoms with Crippen molar-refractivity contribution in [1.29, 1.82) is 0 Å². The molecule has 1 N–H and O–H groups in total. The molecule has 0 fully saturated rings. The number of rotatable bonds is 3. The highest BCUT2D eigenvalue weighted by atomic mass is 79.9. The molecule has 0 saturated carbocycles. The monoisotopic (exact) mass is 357 g/mol. The number of carbonyl (C=O) groups is 1. The molecule has 0 saturated heterocycles. The summed E-state index contributed by atoms with van der Waals surface area (Å²) in [6.45, 7) is 0.388. The van der Waals surface area contributed by atoms with E-state index in [1.54, 1.807) is 24.3 Å². The Morgan fingerprint density at radius 1 is 1.11 bits per heavy atom. The Balaban J connectivity index is 2.05. The lowest BCUT2D eigenvalue weighted by Crippen LogP contribution is -2.22. The molecule has 0 radical (unpaired) electrons. The molecule has 1 amide bonds. The Hall–Kier alpha value is -1.03. The third-order valence-electron chi connectivity index (χ3n) is 2.58. The van der Waals surface area contributed by atoms with Crippen molar-refractivity contribution >= 4 is 45.0 Å². The van der Waals surface area contributed by atoms with Crippen LogP contribution in [0.1, 0.15) is 15.9 Å². The minimum absolute atomic E-state index is 0.169. The van der Waals surface area contributed by atoms with E-state index in [9.17, 15) is 4.79 Å². The zero-order chi connectivity index (χ0) is 13.8. The molecule has 0 aliphatic rings. The zero-order valence-corrected chi connectivity index (χ0v) is 12.9. The molecule has 2 rings (SSSR count). The van der Waals surface area contributed by atoms with Gasteiger partial charge in [0, 0.05) is 21.6 Å². The number of hydrogen-bond acceptors (Lipinski definition) is 1. The number of nitrogens with one attached hydrogen (secondary N) is 1. The van der Waals surface area contributed by atoms with E-state index in [1.807, 2.05) is 18.2 Å². The molecule has 0 atom stereocenters. The first-order chi connectivity index (χ1) is 9.08. The number of benzene rings is 2. The van der Waals surface area contributed by atoms with E-state index in [2.05, 4.69) is 21.2 Å². The molecule has 0 aliphatic heterocycles. The van der Waals surface area contributed by atoms with Crippen LogP contribution in [0.25, 0.3) is 0 Å².